The van der Waals surface area contributed by atoms with Gasteiger partial charge in [-0.1, -0.05) is 32.4 Å². The molecule has 172 valence electrons. The lowest BCUT2D eigenvalue weighted by Crippen LogP contribution is -2.38. The zero-order chi connectivity index (χ0) is 23.1. The summed E-state index contributed by atoms with van der Waals surface area (Å²) >= 11 is 5.91. The van der Waals surface area contributed by atoms with Crippen LogP contribution in [-0.2, 0) is 21.9 Å². The van der Waals surface area contributed by atoms with E-state index in [1.165, 1.54) is 12.4 Å². The number of nitrogens with zero attached hydrogens (tertiary/aromatic N) is 4. The van der Waals surface area contributed by atoms with Crippen molar-refractivity contribution in [3.63, 3.8) is 0 Å². The number of carbonyl (C=O) groups excluding carboxylic acids is 1. The zero-order valence-electron chi connectivity index (χ0n) is 18.6. The maximum atomic E-state index is 13.3. The van der Waals surface area contributed by atoms with Gasteiger partial charge in [0.25, 0.3) is 15.9 Å². The molecule has 1 aliphatic heterocycles. The van der Waals surface area contributed by atoms with Crippen LogP contribution >= 0.6 is 11.6 Å². The summed E-state index contributed by atoms with van der Waals surface area (Å²) in [4.78, 5) is 27.9. The van der Waals surface area contributed by atoms with Gasteiger partial charge < -0.3 is 4.90 Å². The van der Waals surface area contributed by atoms with Gasteiger partial charge >= 0.3 is 0 Å². The van der Waals surface area contributed by atoms with Crippen LogP contribution in [0.2, 0.25) is 5.15 Å². The molecule has 0 radical (unpaired) electrons. The normalized spacial score (nSPS) is 18.8. The lowest BCUT2D eigenvalue weighted by molar-refractivity contribution is 0.0981. The number of halogens is 1. The molecule has 2 aliphatic rings. The molecule has 8 nitrogen and oxygen atoms in total. The average molecular weight is 478 g/mol. The quantitative estimate of drug-likeness (QED) is 0.718. The zero-order valence-corrected chi connectivity index (χ0v) is 20.1. The molecule has 0 bridgehead atoms. The molecule has 0 saturated carbocycles. The number of piperidine rings is 1. The van der Waals surface area contributed by atoms with E-state index in [9.17, 15) is 13.2 Å². The van der Waals surface area contributed by atoms with Crippen LogP contribution < -0.4 is 9.62 Å². The summed E-state index contributed by atoms with van der Waals surface area (Å²) in [5.41, 5.74) is 2.16. The Kier molecular flexibility index (Phi) is 6.15. The minimum Gasteiger partial charge on any atom is -0.356 e. The molecule has 0 aromatic carbocycles. The van der Waals surface area contributed by atoms with E-state index in [0.717, 1.165) is 56.5 Å². The molecule has 1 saturated heterocycles. The largest absolute Gasteiger partial charge is 0.356 e. The van der Waals surface area contributed by atoms with Gasteiger partial charge in [-0.3, -0.25) is 4.79 Å². The Morgan fingerprint density at radius 3 is 2.59 bits per heavy atom. The van der Waals surface area contributed by atoms with Gasteiger partial charge in [-0.25, -0.2) is 19.7 Å². The highest BCUT2D eigenvalue weighted by Crippen LogP contribution is 2.38. The molecule has 10 heteroatoms. The number of rotatable bonds is 4. The van der Waals surface area contributed by atoms with E-state index >= 15 is 0 Å². The molecular weight excluding hydrogens is 450 g/mol. The Labute approximate surface area is 193 Å². The van der Waals surface area contributed by atoms with Crippen LogP contribution in [0.1, 0.15) is 68.1 Å². The fraction of sp³-hybridized carbons (Fsp3) is 0.545. The van der Waals surface area contributed by atoms with Crippen molar-refractivity contribution in [2.75, 3.05) is 18.0 Å². The number of nitrogens with one attached hydrogen (secondary N) is 1. The van der Waals surface area contributed by atoms with Crippen molar-refractivity contribution >= 4 is 33.3 Å². The molecule has 2 aromatic rings. The first-order chi connectivity index (χ1) is 15.1. The Morgan fingerprint density at radius 2 is 1.91 bits per heavy atom. The van der Waals surface area contributed by atoms with Gasteiger partial charge in [0.15, 0.2) is 5.15 Å². The van der Waals surface area contributed by atoms with Crippen LogP contribution in [0.4, 0.5) is 5.82 Å². The Morgan fingerprint density at radius 1 is 1.22 bits per heavy atom. The molecule has 4 rings (SSSR count). The molecule has 2 aromatic heterocycles. The third kappa shape index (κ3) is 4.45. The molecule has 1 amide bonds. The second-order valence-electron chi connectivity index (χ2n) is 9.36. The minimum absolute atomic E-state index is 0.0976. The monoisotopic (exact) mass is 477 g/mol. The van der Waals surface area contributed by atoms with Crippen molar-refractivity contribution in [3.05, 3.63) is 40.4 Å². The molecule has 0 atom stereocenters. The first kappa shape index (κ1) is 22.9. The maximum absolute atomic E-state index is 13.3. The molecule has 3 heterocycles. The predicted octanol–water partition coefficient (Wildman–Crippen LogP) is 3.49. The number of hydrogen-bond acceptors (Lipinski definition) is 7. The summed E-state index contributed by atoms with van der Waals surface area (Å²) in [7, 11) is -4.29. The van der Waals surface area contributed by atoms with Crippen LogP contribution in [0.15, 0.2) is 23.5 Å². The summed E-state index contributed by atoms with van der Waals surface area (Å²) in [5.74, 6) is 0.416. The molecule has 32 heavy (non-hydrogen) atoms. The first-order valence-electron chi connectivity index (χ1n) is 10.9. The lowest BCUT2D eigenvalue weighted by atomic mass is 9.75. The van der Waals surface area contributed by atoms with E-state index in [-0.39, 0.29) is 16.1 Å². The van der Waals surface area contributed by atoms with Crippen LogP contribution in [0, 0.1) is 5.92 Å². The molecular formula is C22H28ClN5O3S. The molecule has 1 aliphatic carbocycles. The highest BCUT2D eigenvalue weighted by molar-refractivity contribution is 7.90. The van der Waals surface area contributed by atoms with Crippen molar-refractivity contribution < 1.29 is 13.2 Å². The predicted molar refractivity (Wildman–Crippen MR) is 123 cm³/mol. The molecule has 1 N–H and O–H groups in total. The van der Waals surface area contributed by atoms with Crippen molar-refractivity contribution in [2.24, 2.45) is 5.92 Å². The van der Waals surface area contributed by atoms with E-state index in [4.69, 9.17) is 16.6 Å². The summed E-state index contributed by atoms with van der Waals surface area (Å²) in [5, 5.41) is -0.765. The smallest absolute Gasteiger partial charge is 0.284 e. The Balaban J connectivity index is 1.75. The number of fused-ring (bicyclic) bond motifs is 1. The second kappa shape index (κ2) is 8.59. The summed E-state index contributed by atoms with van der Waals surface area (Å²) in [6.45, 7) is 8.10. The van der Waals surface area contributed by atoms with Crippen molar-refractivity contribution in [3.8, 4) is 0 Å². The number of pyridine rings is 1. The van der Waals surface area contributed by atoms with E-state index in [1.54, 1.807) is 0 Å². The van der Waals surface area contributed by atoms with Crippen molar-refractivity contribution in [1.82, 2.24) is 19.7 Å². The summed E-state index contributed by atoms with van der Waals surface area (Å²) in [6.07, 6.45) is 7.33. The number of sulfonamides is 1. The van der Waals surface area contributed by atoms with Gasteiger partial charge in [-0.2, -0.15) is 8.42 Å². The average Bonchev–Trinajstić information content (AvgIpc) is 2.73. The topological polar surface area (TPSA) is 105 Å². The van der Waals surface area contributed by atoms with Crippen molar-refractivity contribution in [1.29, 1.82) is 0 Å². The highest BCUT2D eigenvalue weighted by atomic mass is 35.5. The third-order valence-electron chi connectivity index (χ3n) is 6.40. The van der Waals surface area contributed by atoms with Crippen LogP contribution in [0.3, 0.4) is 0 Å². The Hall–Kier alpha value is -2.26. The summed E-state index contributed by atoms with van der Waals surface area (Å²) in [6, 6.07) is 1.82. The lowest BCUT2D eigenvalue weighted by Gasteiger charge is -2.36. The van der Waals surface area contributed by atoms with Gasteiger partial charge in [0.05, 0.1) is 11.3 Å². The SMILES string of the molecule is CC1CCN(c2nc3c(cc2C(=O)NS(=O)(=O)c2nccnc2Cl)CCCC3(C)C)CC1. The second-order valence-corrected chi connectivity index (χ2v) is 11.3. The third-order valence-corrected chi connectivity index (χ3v) is 8.05. The first-order valence-corrected chi connectivity index (χ1v) is 12.8. The number of amides is 1. The maximum Gasteiger partial charge on any atom is 0.284 e. The van der Waals surface area contributed by atoms with Gasteiger partial charge in [-0.15, -0.1) is 0 Å². The Bertz CT molecular complexity index is 1140. The van der Waals surface area contributed by atoms with Crippen LogP contribution in [0.5, 0.6) is 0 Å². The molecule has 1 fully saturated rings. The fourth-order valence-electron chi connectivity index (χ4n) is 4.50. The van der Waals surface area contributed by atoms with Gasteiger partial charge in [0.1, 0.15) is 5.82 Å². The molecule has 0 unspecified atom stereocenters. The van der Waals surface area contributed by atoms with E-state index < -0.39 is 21.0 Å². The van der Waals surface area contributed by atoms with Gasteiger partial charge in [0.2, 0.25) is 5.03 Å². The number of anilines is 1. The minimum atomic E-state index is -4.29. The van der Waals surface area contributed by atoms with Crippen LogP contribution in [0.25, 0.3) is 0 Å². The standard InChI is InChI=1S/C22H28ClN5O3S/c1-14-6-11-28(12-7-14)19-16(13-15-5-4-8-22(2,3)17(15)26-19)20(29)27-32(30,31)21-18(23)24-9-10-25-21/h9-10,13-14H,4-8,11-12H2,1-3H3,(H,27,29). The number of aryl methyl sites for hydroxylation is 1. The van der Waals surface area contributed by atoms with E-state index in [2.05, 4.69) is 40.4 Å². The number of aromatic nitrogens is 3. The number of carbonyl (C=O) groups is 1. The summed E-state index contributed by atoms with van der Waals surface area (Å²) < 4.78 is 27.7. The van der Waals surface area contributed by atoms with E-state index in [1.807, 2.05) is 6.07 Å². The van der Waals surface area contributed by atoms with Crippen LogP contribution in [-0.4, -0.2) is 42.4 Å². The van der Waals surface area contributed by atoms with Crippen molar-refractivity contribution in [2.45, 2.75) is 63.3 Å². The molecule has 0 spiro atoms. The van der Waals surface area contributed by atoms with Gasteiger partial charge in [-0.05, 0) is 49.7 Å². The fourth-order valence-corrected chi connectivity index (χ4v) is 5.84. The van der Waals surface area contributed by atoms with E-state index in [0.29, 0.717) is 11.7 Å². The number of hydrogen-bond donors (Lipinski definition) is 1. The highest BCUT2D eigenvalue weighted by Gasteiger charge is 2.34. The van der Waals surface area contributed by atoms with Gasteiger partial charge in [0, 0.05) is 30.9 Å².